The first-order valence-corrected chi connectivity index (χ1v) is 8.14. The van der Waals surface area contributed by atoms with E-state index >= 15 is 0 Å². The highest BCUT2D eigenvalue weighted by molar-refractivity contribution is 5.89. The lowest BCUT2D eigenvalue weighted by molar-refractivity contribution is -0.125. The van der Waals surface area contributed by atoms with Gasteiger partial charge in [-0.3, -0.25) is 4.79 Å². The number of nitrogens with zero attached hydrogens (tertiary/aromatic N) is 1. The molecule has 0 bridgehead atoms. The summed E-state index contributed by atoms with van der Waals surface area (Å²) in [5.41, 5.74) is 9.14. The topological polar surface area (TPSA) is 85.9 Å². The van der Waals surface area contributed by atoms with Crippen molar-refractivity contribution in [1.82, 2.24) is 5.32 Å². The zero-order valence-corrected chi connectivity index (χ0v) is 13.8. The van der Waals surface area contributed by atoms with Gasteiger partial charge in [0.25, 0.3) is 11.9 Å². The minimum atomic E-state index is -0.869. The highest BCUT2D eigenvalue weighted by atomic mass is 16.5. The molecule has 2 unspecified atom stereocenters. The lowest BCUT2D eigenvalue weighted by atomic mass is 10.1. The van der Waals surface area contributed by atoms with Crippen LogP contribution in [-0.4, -0.2) is 19.0 Å². The van der Waals surface area contributed by atoms with Crippen LogP contribution in [0, 0.1) is 6.07 Å². The Balaban J connectivity index is 1.66. The Morgan fingerprint density at radius 2 is 2.32 bits per heavy atom. The van der Waals surface area contributed by atoms with Gasteiger partial charge in [0.2, 0.25) is 6.10 Å². The van der Waals surface area contributed by atoms with Gasteiger partial charge in [0, 0.05) is 11.1 Å². The summed E-state index contributed by atoms with van der Waals surface area (Å²) in [5, 5.41) is 3.30. The number of benzene rings is 2. The number of amidine groups is 1. The van der Waals surface area contributed by atoms with Crippen LogP contribution in [0.5, 0.6) is 5.75 Å². The Morgan fingerprint density at radius 1 is 1.44 bits per heavy atom. The molecule has 0 saturated carbocycles. The second-order valence-electron chi connectivity index (χ2n) is 6.07. The number of fused-ring (bicyclic) bond motifs is 2. The molecule has 25 heavy (non-hydrogen) atoms. The fraction of sp³-hybridized carbons (Fsp3) is 0.263. The Bertz CT molecular complexity index is 863. The van der Waals surface area contributed by atoms with Crippen LogP contribution in [-0.2, 0) is 16.0 Å². The molecular weight excluding hydrogens is 318 g/mol. The van der Waals surface area contributed by atoms with Crippen LogP contribution in [0.4, 0.5) is 5.69 Å². The number of nitrogens with two attached hydrogens (primary N) is 1. The number of amides is 1. The van der Waals surface area contributed by atoms with Gasteiger partial charge in [0.05, 0.1) is 18.8 Å². The van der Waals surface area contributed by atoms with Crippen LogP contribution in [0.2, 0.25) is 0 Å². The van der Waals surface area contributed by atoms with E-state index in [-0.39, 0.29) is 6.04 Å². The monoisotopic (exact) mass is 336 g/mol. The summed E-state index contributed by atoms with van der Waals surface area (Å²) in [4.78, 5) is 16.3. The third-order valence-corrected chi connectivity index (χ3v) is 4.59. The van der Waals surface area contributed by atoms with Crippen LogP contribution >= 0.6 is 0 Å². The molecule has 1 aliphatic heterocycles. The summed E-state index contributed by atoms with van der Waals surface area (Å²) in [6, 6.07) is 14.5. The molecule has 2 aromatic rings. The normalized spacial score (nSPS) is 20.8. The summed E-state index contributed by atoms with van der Waals surface area (Å²) in [5.74, 6) is 0.282. The number of hydrogen-bond acceptors (Lipinski definition) is 5. The van der Waals surface area contributed by atoms with Gasteiger partial charge in [-0.15, -0.1) is 0 Å². The van der Waals surface area contributed by atoms with Crippen molar-refractivity contribution >= 4 is 17.6 Å². The van der Waals surface area contributed by atoms with Gasteiger partial charge in [-0.2, -0.15) is 4.99 Å². The standard InChI is InChI=1S/C19H18N3O3/c1-24-15-8-4-5-11-9-10-14(16(11)15)22-19-21-13-7-3-2-6-12(13)17(25-19)18(20)23/h3-8,14,17H,9-10H2,1H3,(H2,20,23)(H,21,22). The SMILES string of the molecule is COc1cccc2c1C(NC1=Nc3cc[c]cc3C(C(N)=O)O1)CC2. The van der Waals surface area contributed by atoms with E-state index in [2.05, 4.69) is 22.4 Å². The van der Waals surface area contributed by atoms with Gasteiger partial charge in [-0.1, -0.05) is 18.2 Å². The Morgan fingerprint density at radius 3 is 3.12 bits per heavy atom. The van der Waals surface area contributed by atoms with E-state index in [1.54, 1.807) is 25.3 Å². The Labute approximate surface area is 145 Å². The van der Waals surface area contributed by atoms with E-state index in [1.807, 2.05) is 12.1 Å². The Hall–Kier alpha value is -3.02. The van der Waals surface area contributed by atoms with Gasteiger partial charge in [0.1, 0.15) is 5.75 Å². The predicted octanol–water partition coefficient (Wildman–Crippen LogP) is 2.32. The molecule has 127 valence electrons. The van der Waals surface area contributed by atoms with Gasteiger partial charge in [0.15, 0.2) is 0 Å². The molecule has 1 aliphatic carbocycles. The molecule has 4 rings (SSSR count). The van der Waals surface area contributed by atoms with Crippen LogP contribution < -0.4 is 15.8 Å². The fourth-order valence-corrected chi connectivity index (χ4v) is 3.45. The van der Waals surface area contributed by atoms with Crippen molar-refractivity contribution < 1.29 is 14.3 Å². The maximum absolute atomic E-state index is 11.8. The summed E-state index contributed by atoms with van der Waals surface area (Å²) >= 11 is 0. The number of nitrogens with one attached hydrogen (secondary N) is 1. The van der Waals surface area contributed by atoms with Crippen molar-refractivity contribution in [1.29, 1.82) is 0 Å². The highest BCUT2D eigenvalue weighted by Crippen LogP contribution is 2.39. The molecular formula is C19H18N3O3. The smallest absolute Gasteiger partial charge is 0.291 e. The van der Waals surface area contributed by atoms with Crippen molar-refractivity contribution in [2.45, 2.75) is 25.0 Å². The average Bonchev–Trinajstić information content (AvgIpc) is 3.04. The van der Waals surface area contributed by atoms with Crippen LogP contribution in [0.1, 0.15) is 35.3 Å². The molecule has 6 nitrogen and oxygen atoms in total. The summed E-state index contributed by atoms with van der Waals surface area (Å²) in [7, 11) is 1.66. The van der Waals surface area contributed by atoms with Gasteiger partial charge in [-0.25, -0.2) is 0 Å². The van der Waals surface area contributed by atoms with E-state index in [0.717, 1.165) is 24.2 Å². The third kappa shape index (κ3) is 2.69. The number of hydrogen-bond donors (Lipinski definition) is 2. The number of ether oxygens (including phenoxy) is 2. The van der Waals surface area contributed by atoms with Gasteiger partial charge >= 0.3 is 0 Å². The molecule has 3 N–H and O–H groups in total. The number of methoxy groups -OCH3 is 1. The van der Waals surface area contributed by atoms with Crippen molar-refractivity contribution in [2.75, 3.05) is 7.11 Å². The number of rotatable bonds is 3. The molecule has 1 heterocycles. The molecule has 0 spiro atoms. The Kier molecular flexibility index (Phi) is 3.80. The van der Waals surface area contributed by atoms with E-state index < -0.39 is 12.0 Å². The lowest BCUT2D eigenvalue weighted by Crippen LogP contribution is -2.36. The maximum atomic E-state index is 11.8. The first-order valence-electron chi connectivity index (χ1n) is 8.14. The zero-order valence-electron chi connectivity index (χ0n) is 13.8. The summed E-state index contributed by atoms with van der Waals surface area (Å²) in [6.07, 6.45) is 0.975. The van der Waals surface area contributed by atoms with E-state index in [0.29, 0.717) is 17.3 Å². The van der Waals surface area contributed by atoms with Gasteiger partial charge < -0.3 is 20.5 Å². The molecule has 0 fully saturated rings. The summed E-state index contributed by atoms with van der Waals surface area (Å²) in [6.45, 7) is 0. The quantitative estimate of drug-likeness (QED) is 0.901. The van der Waals surface area contributed by atoms with Crippen LogP contribution in [0.15, 0.2) is 41.4 Å². The van der Waals surface area contributed by atoms with Crippen LogP contribution in [0.25, 0.3) is 0 Å². The molecule has 2 atom stereocenters. The molecule has 0 aromatic heterocycles. The van der Waals surface area contributed by atoms with Crippen LogP contribution in [0.3, 0.4) is 0 Å². The van der Waals surface area contributed by atoms with E-state index in [9.17, 15) is 4.79 Å². The van der Waals surface area contributed by atoms with Crippen molar-refractivity contribution in [3.8, 4) is 5.75 Å². The van der Waals surface area contributed by atoms with Gasteiger partial charge in [-0.05, 0) is 42.7 Å². The predicted molar refractivity (Wildman–Crippen MR) is 92.6 cm³/mol. The second-order valence-corrected chi connectivity index (χ2v) is 6.07. The fourth-order valence-electron chi connectivity index (χ4n) is 3.45. The van der Waals surface area contributed by atoms with Crippen molar-refractivity contribution in [3.63, 3.8) is 0 Å². The lowest BCUT2D eigenvalue weighted by Gasteiger charge is -2.26. The molecule has 2 aliphatic rings. The second kappa shape index (κ2) is 6.12. The number of aryl methyl sites for hydroxylation is 1. The minimum Gasteiger partial charge on any atom is -0.496 e. The van der Waals surface area contributed by atoms with E-state index in [1.165, 1.54) is 5.56 Å². The van der Waals surface area contributed by atoms with E-state index in [4.69, 9.17) is 15.2 Å². The highest BCUT2D eigenvalue weighted by Gasteiger charge is 2.32. The molecule has 1 amide bonds. The number of carbonyl (C=O) groups excluding carboxylic acids is 1. The van der Waals surface area contributed by atoms with Crippen molar-refractivity contribution in [2.24, 2.45) is 10.7 Å². The molecule has 6 heteroatoms. The third-order valence-electron chi connectivity index (χ3n) is 4.59. The van der Waals surface area contributed by atoms with Crippen molar-refractivity contribution in [3.05, 3.63) is 59.2 Å². The largest absolute Gasteiger partial charge is 0.496 e. The molecule has 0 saturated heterocycles. The zero-order chi connectivity index (χ0) is 17.4. The number of aliphatic imine (C=N–C) groups is 1. The number of primary amides is 1. The molecule has 1 radical (unpaired) electrons. The average molecular weight is 336 g/mol. The first kappa shape index (κ1) is 15.5. The molecule has 2 aromatic carbocycles. The number of carbonyl (C=O) groups is 1. The maximum Gasteiger partial charge on any atom is 0.291 e. The minimum absolute atomic E-state index is 0.00949. The first-order chi connectivity index (χ1) is 12.2. The summed E-state index contributed by atoms with van der Waals surface area (Å²) < 4.78 is 11.2.